The van der Waals surface area contributed by atoms with E-state index in [1.54, 1.807) is 35.6 Å². The highest BCUT2D eigenvalue weighted by molar-refractivity contribution is 5.90. The molecule has 3 aromatic rings. The first-order chi connectivity index (χ1) is 12.0. The summed E-state index contributed by atoms with van der Waals surface area (Å²) in [7, 11) is 0. The van der Waals surface area contributed by atoms with Crippen LogP contribution in [0.4, 0.5) is 23.2 Å². The van der Waals surface area contributed by atoms with Crippen LogP contribution in [0.5, 0.6) is 0 Å². The second-order valence-corrected chi connectivity index (χ2v) is 4.90. The number of hydrogen-bond acceptors (Lipinski definition) is 4. The third-order valence-electron chi connectivity index (χ3n) is 3.15. The van der Waals surface area contributed by atoms with Gasteiger partial charge in [-0.2, -0.15) is 4.80 Å². The summed E-state index contributed by atoms with van der Waals surface area (Å²) in [6.45, 7) is -0.559. The molecule has 0 radical (unpaired) electrons. The van der Waals surface area contributed by atoms with Crippen molar-refractivity contribution in [2.45, 2.75) is 6.54 Å². The number of amides is 1. The van der Waals surface area contributed by atoms with Gasteiger partial charge in [0.05, 0.1) is 0 Å². The number of aromatic nitrogens is 4. The van der Waals surface area contributed by atoms with Gasteiger partial charge in [-0.05, 0) is 5.21 Å². The molecule has 0 aliphatic carbocycles. The summed E-state index contributed by atoms with van der Waals surface area (Å²) in [5.41, 5.74) is -0.565. The fourth-order valence-electron chi connectivity index (χ4n) is 2.00. The van der Waals surface area contributed by atoms with Gasteiger partial charge in [-0.3, -0.25) is 4.79 Å². The Morgan fingerprint density at radius 3 is 2.27 bits per heavy atom. The number of anilines is 1. The molecule has 136 valence electrons. The van der Waals surface area contributed by atoms with E-state index in [0.717, 1.165) is 4.80 Å². The zero-order valence-electron chi connectivity index (χ0n) is 12.8. The summed E-state index contributed by atoms with van der Waals surface area (Å²) < 4.78 is 53.3. The van der Waals surface area contributed by atoms with Crippen LogP contribution in [-0.4, -0.2) is 26.1 Å². The number of nitrogens with one attached hydrogen (secondary N) is 1. The van der Waals surface area contributed by atoms with Crippen LogP contribution in [0.15, 0.2) is 36.4 Å². The van der Waals surface area contributed by atoms with E-state index in [0.29, 0.717) is 5.56 Å². The fourth-order valence-corrected chi connectivity index (χ4v) is 2.00. The van der Waals surface area contributed by atoms with Gasteiger partial charge < -0.3 is 5.32 Å². The van der Waals surface area contributed by atoms with Crippen LogP contribution in [0.3, 0.4) is 0 Å². The van der Waals surface area contributed by atoms with Gasteiger partial charge in [0.25, 0.3) is 0 Å². The highest BCUT2D eigenvalue weighted by atomic mass is 35.5. The van der Waals surface area contributed by atoms with Gasteiger partial charge in [0.15, 0.2) is 23.3 Å². The maximum absolute atomic E-state index is 13.5. The number of nitrogens with zero attached hydrogens (tertiary/aromatic N) is 4. The second-order valence-electron chi connectivity index (χ2n) is 4.90. The summed E-state index contributed by atoms with van der Waals surface area (Å²) in [5, 5.41) is 13.1. The molecule has 11 heteroatoms. The first kappa shape index (κ1) is 19.3. The predicted octanol–water partition coefficient (Wildman–Crippen LogP) is 2.96. The van der Waals surface area contributed by atoms with Crippen molar-refractivity contribution in [2.75, 3.05) is 5.32 Å². The van der Waals surface area contributed by atoms with Crippen LogP contribution in [0.1, 0.15) is 0 Å². The van der Waals surface area contributed by atoms with Crippen molar-refractivity contribution in [1.82, 2.24) is 20.2 Å². The van der Waals surface area contributed by atoms with Crippen molar-refractivity contribution in [3.63, 3.8) is 0 Å². The van der Waals surface area contributed by atoms with E-state index in [1.165, 1.54) is 0 Å². The molecular formula is C15H10ClF4N5O. The molecule has 1 heterocycles. The van der Waals surface area contributed by atoms with E-state index in [-0.39, 0.29) is 24.3 Å². The van der Waals surface area contributed by atoms with Gasteiger partial charge in [-0.1, -0.05) is 30.3 Å². The van der Waals surface area contributed by atoms with Crippen LogP contribution in [0, 0.1) is 23.3 Å². The van der Waals surface area contributed by atoms with Gasteiger partial charge >= 0.3 is 0 Å². The van der Waals surface area contributed by atoms with Gasteiger partial charge in [0.2, 0.25) is 11.7 Å². The summed E-state index contributed by atoms with van der Waals surface area (Å²) in [4.78, 5) is 12.7. The largest absolute Gasteiger partial charge is 0.319 e. The molecule has 0 saturated carbocycles. The molecule has 0 bridgehead atoms. The molecule has 0 fully saturated rings. The molecule has 3 rings (SSSR count). The van der Waals surface area contributed by atoms with Crippen molar-refractivity contribution in [3.05, 3.63) is 59.7 Å². The monoisotopic (exact) mass is 387 g/mol. The van der Waals surface area contributed by atoms with E-state index >= 15 is 0 Å². The van der Waals surface area contributed by atoms with E-state index < -0.39 is 41.4 Å². The van der Waals surface area contributed by atoms with Crippen LogP contribution in [-0.2, 0) is 11.3 Å². The number of halogens is 5. The minimum atomic E-state index is -1.70. The Kier molecular flexibility index (Phi) is 5.88. The Hall–Kier alpha value is -3.01. The fraction of sp³-hybridized carbons (Fsp3) is 0.0667. The molecule has 0 aliphatic heterocycles. The normalized spacial score (nSPS) is 10.3. The van der Waals surface area contributed by atoms with Crippen molar-refractivity contribution in [2.24, 2.45) is 0 Å². The number of carbonyl (C=O) groups is 1. The van der Waals surface area contributed by atoms with Crippen molar-refractivity contribution >= 4 is 24.0 Å². The smallest absolute Gasteiger partial charge is 0.248 e. The summed E-state index contributed by atoms with van der Waals surface area (Å²) >= 11 is 0. The van der Waals surface area contributed by atoms with Gasteiger partial charge in [0.1, 0.15) is 12.2 Å². The van der Waals surface area contributed by atoms with E-state index in [1.807, 2.05) is 0 Å². The Morgan fingerprint density at radius 2 is 1.65 bits per heavy atom. The average molecular weight is 388 g/mol. The topological polar surface area (TPSA) is 72.7 Å². The highest BCUT2D eigenvalue weighted by Crippen LogP contribution is 2.24. The molecular weight excluding hydrogens is 378 g/mol. The molecule has 1 amide bonds. The molecule has 0 aliphatic rings. The van der Waals surface area contributed by atoms with Crippen molar-refractivity contribution in [1.29, 1.82) is 0 Å². The minimum absolute atomic E-state index is 0. The molecule has 6 nitrogen and oxygen atoms in total. The van der Waals surface area contributed by atoms with Crippen LogP contribution < -0.4 is 5.32 Å². The summed E-state index contributed by atoms with van der Waals surface area (Å²) in [6.07, 6.45) is 0. The Balaban J connectivity index is 0.00000243. The third-order valence-corrected chi connectivity index (χ3v) is 3.15. The maximum Gasteiger partial charge on any atom is 0.248 e. The predicted molar refractivity (Wildman–Crippen MR) is 85.4 cm³/mol. The van der Waals surface area contributed by atoms with Crippen LogP contribution >= 0.6 is 12.4 Å². The maximum atomic E-state index is 13.5. The number of rotatable bonds is 4. The lowest BCUT2D eigenvalue weighted by Gasteiger charge is -2.08. The summed E-state index contributed by atoms with van der Waals surface area (Å²) in [5.74, 6) is -7.41. The average Bonchev–Trinajstić information content (AvgIpc) is 3.06. The SMILES string of the molecule is Cl.O=C(Cn1nnc(-c2ccccc2)n1)Nc1c(F)c(F)cc(F)c1F. The Morgan fingerprint density at radius 1 is 1.04 bits per heavy atom. The third kappa shape index (κ3) is 3.97. The first-order valence-electron chi connectivity index (χ1n) is 6.92. The Bertz CT molecular complexity index is 909. The summed E-state index contributed by atoms with van der Waals surface area (Å²) in [6, 6.07) is 8.80. The molecule has 1 N–H and O–H groups in total. The zero-order valence-corrected chi connectivity index (χ0v) is 13.6. The number of benzene rings is 2. The quantitative estimate of drug-likeness (QED) is 0.552. The highest BCUT2D eigenvalue weighted by Gasteiger charge is 2.21. The lowest BCUT2D eigenvalue weighted by molar-refractivity contribution is -0.117. The lowest BCUT2D eigenvalue weighted by atomic mass is 10.2. The van der Waals surface area contributed by atoms with Crippen LogP contribution in [0.25, 0.3) is 11.4 Å². The van der Waals surface area contributed by atoms with Crippen molar-refractivity contribution in [3.8, 4) is 11.4 Å². The molecule has 0 spiro atoms. The molecule has 0 unspecified atom stereocenters. The molecule has 26 heavy (non-hydrogen) atoms. The number of tetrazole rings is 1. The van der Waals surface area contributed by atoms with Crippen LogP contribution in [0.2, 0.25) is 0 Å². The molecule has 1 aromatic heterocycles. The Labute approximate surface area is 150 Å². The second kappa shape index (κ2) is 7.91. The van der Waals surface area contributed by atoms with Gasteiger partial charge in [-0.15, -0.1) is 22.6 Å². The molecule has 2 aromatic carbocycles. The first-order valence-corrected chi connectivity index (χ1v) is 6.92. The van der Waals surface area contributed by atoms with E-state index in [2.05, 4.69) is 15.4 Å². The molecule has 0 saturated heterocycles. The lowest BCUT2D eigenvalue weighted by Crippen LogP contribution is -2.22. The van der Waals surface area contributed by atoms with Gasteiger partial charge in [0, 0.05) is 11.6 Å². The molecule has 0 atom stereocenters. The number of carbonyl (C=O) groups excluding carboxylic acids is 1. The standard InChI is InChI=1S/C15H9F4N5O.ClH/c16-9-6-10(17)13(19)14(12(9)18)20-11(25)7-24-22-15(21-23-24)8-4-2-1-3-5-8;/h1-6H,7H2,(H,20,25);1H. The minimum Gasteiger partial charge on any atom is -0.319 e. The van der Waals surface area contributed by atoms with E-state index in [4.69, 9.17) is 0 Å². The number of hydrogen-bond donors (Lipinski definition) is 1. The zero-order chi connectivity index (χ0) is 18.0. The van der Waals surface area contributed by atoms with Crippen molar-refractivity contribution < 1.29 is 22.4 Å². The van der Waals surface area contributed by atoms with E-state index in [9.17, 15) is 22.4 Å². The van der Waals surface area contributed by atoms with Gasteiger partial charge in [-0.25, -0.2) is 17.6 Å².